The molecule has 1 N–H and O–H groups in total. The Morgan fingerprint density at radius 2 is 1.78 bits per heavy atom. The maximum absolute atomic E-state index is 12.2. The highest BCUT2D eigenvalue weighted by atomic mass is 35.5. The van der Waals surface area contributed by atoms with Gasteiger partial charge in [0.15, 0.2) is 9.84 Å². The van der Waals surface area contributed by atoms with Crippen molar-refractivity contribution >= 4 is 33.0 Å². The van der Waals surface area contributed by atoms with Gasteiger partial charge in [-0.25, -0.2) is 8.42 Å². The first kappa shape index (κ1) is 23.6. The van der Waals surface area contributed by atoms with Gasteiger partial charge in [0, 0.05) is 30.0 Å². The Balaban J connectivity index is 1.50. The molecule has 9 heteroatoms. The predicted octanol–water partition coefficient (Wildman–Crippen LogP) is 3.75. The fraction of sp³-hybridized carbons (Fsp3) is 0.217. The third-order valence-electron chi connectivity index (χ3n) is 4.63. The number of nitrogens with zero attached hydrogens (tertiary/aromatic N) is 1. The number of carbonyl (C=O) groups is 1. The molecule has 0 fully saturated rings. The quantitative estimate of drug-likeness (QED) is 0.476. The monoisotopic (exact) mass is 474 g/mol. The minimum absolute atomic E-state index is 0.196. The van der Waals surface area contributed by atoms with Gasteiger partial charge in [0.2, 0.25) is 5.91 Å². The van der Waals surface area contributed by atoms with E-state index < -0.39 is 9.84 Å². The maximum Gasteiger partial charge on any atom is 0.250 e. The normalized spacial score (nSPS) is 11.2. The lowest BCUT2D eigenvalue weighted by Gasteiger charge is -2.11. The molecule has 0 aliphatic rings. The number of carbonyl (C=O) groups excluding carboxylic acids is 1. The number of nitrogens with one attached hydrogen (secondary N) is 1. The highest BCUT2D eigenvalue weighted by Gasteiger charge is 2.08. The van der Waals surface area contributed by atoms with E-state index >= 15 is 0 Å². The molecule has 7 nitrogen and oxygen atoms in total. The van der Waals surface area contributed by atoms with Crippen molar-refractivity contribution in [2.24, 2.45) is 0 Å². The summed E-state index contributed by atoms with van der Waals surface area (Å²) in [6, 6.07) is 16.4. The number of aromatic nitrogens is 1. The molecule has 0 bridgehead atoms. The predicted molar refractivity (Wildman–Crippen MR) is 124 cm³/mol. The molecule has 3 aromatic rings. The van der Waals surface area contributed by atoms with Crippen molar-refractivity contribution in [3.8, 4) is 5.75 Å². The van der Waals surface area contributed by atoms with Crippen LogP contribution in [0.1, 0.15) is 18.4 Å². The zero-order valence-electron chi connectivity index (χ0n) is 17.5. The third-order valence-corrected chi connectivity index (χ3v) is 6.13. The van der Waals surface area contributed by atoms with E-state index in [0.717, 1.165) is 11.8 Å². The number of anilines is 1. The molecular formula is C23H23ClN2O5S. The number of pyridine rings is 1. The number of hydrogen-bond donors (Lipinski definition) is 1. The van der Waals surface area contributed by atoms with Crippen molar-refractivity contribution in [2.75, 3.05) is 18.2 Å². The molecule has 0 radical (unpaired) electrons. The molecule has 0 spiro atoms. The van der Waals surface area contributed by atoms with E-state index in [-0.39, 0.29) is 22.8 Å². The molecule has 1 aromatic heterocycles. The Morgan fingerprint density at radius 1 is 1.06 bits per heavy atom. The highest BCUT2D eigenvalue weighted by Crippen LogP contribution is 2.17. The molecule has 0 aliphatic carbocycles. The van der Waals surface area contributed by atoms with Crippen LogP contribution in [0.2, 0.25) is 5.02 Å². The number of rotatable bonds is 9. The number of sulfone groups is 1. The molecule has 1 heterocycles. The van der Waals surface area contributed by atoms with Gasteiger partial charge >= 0.3 is 0 Å². The summed E-state index contributed by atoms with van der Waals surface area (Å²) in [4.78, 5) is 24.6. The van der Waals surface area contributed by atoms with Gasteiger partial charge in [-0.2, -0.15) is 0 Å². The van der Waals surface area contributed by atoms with Gasteiger partial charge in [-0.1, -0.05) is 29.8 Å². The van der Waals surface area contributed by atoms with Gasteiger partial charge in [0.05, 0.1) is 23.7 Å². The summed E-state index contributed by atoms with van der Waals surface area (Å²) < 4.78 is 30.0. The second-order valence-corrected chi connectivity index (χ2v) is 9.64. The summed E-state index contributed by atoms with van der Waals surface area (Å²) in [5.41, 5.74) is 1.12. The lowest BCUT2D eigenvalue weighted by atomic mass is 10.2. The molecule has 0 saturated heterocycles. The summed E-state index contributed by atoms with van der Waals surface area (Å²) in [6.45, 7) is 0.603. The van der Waals surface area contributed by atoms with Crippen LogP contribution >= 0.6 is 11.6 Å². The SMILES string of the molecule is CS(=O)(=O)c1ccc(OCCCC(=O)Nc2ccc(=O)n(Cc3ccccc3Cl)c2)cc1. The first-order valence-electron chi connectivity index (χ1n) is 9.89. The lowest BCUT2D eigenvalue weighted by molar-refractivity contribution is -0.116. The number of amides is 1. The molecule has 2 aromatic carbocycles. The summed E-state index contributed by atoms with van der Waals surface area (Å²) in [7, 11) is -3.25. The summed E-state index contributed by atoms with van der Waals surface area (Å²) in [6.07, 6.45) is 3.43. The maximum atomic E-state index is 12.2. The van der Waals surface area contributed by atoms with Crippen LogP contribution in [0.15, 0.2) is 76.6 Å². The van der Waals surface area contributed by atoms with E-state index in [0.29, 0.717) is 36.0 Å². The largest absolute Gasteiger partial charge is 0.494 e. The second-order valence-electron chi connectivity index (χ2n) is 7.22. The summed E-state index contributed by atoms with van der Waals surface area (Å²) >= 11 is 6.17. The first-order valence-corrected chi connectivity index (χ1v) is 12.2. The van der Waals surface area contributed by atoms with Crippen molar-refractivity contribution in [1.29, 1.82) is 0 Å². The Bertz CT molecular complexity index is 1250. The number of benzene rings is 2. The van der Waals surface area contributed by atoms with Crippen molar-refractivity contribution in [3.63, 3.8) is 0 Å². The van der Waals surface area contributed by atoms with Gasteiger partial charge in [0.25, 0.3) is 5.56 Å². The first-order chi connectivity index (χ1) is 15.2. The van der Waals surface area contributed by atoms with E-state index in [9.17, 15) is 18.0 Å². The smallest absolute Gasteiger partial charge is 0.250 e. The Hall–Kier alpha value is -3.10. The van der Waals surface area contributed by atoms with Crippen LogP contribution < -0.4 is 15.6 Å². The van der Waals surface area contributed by atoms with Crippen molar-refractivity contribution in [2.45, 2.75) is 24.3 Å². The average molecular weight is 475 g/mol. The minimum atomic E-state index is -3.25. The number of ether oxygens (including phenoxy) is 1. The van der Waals surface area contributed by atoms with Gasteiger partial charge in [-0.15, -0.1) is 0 Å². The van der Waals surface area contributed by atoms with Gasteiger partial charge in [0.1, 0.15) is 5.75 Å². The highest BCUT2D eigenvalue weighted by molar-refractivity contribution is 7.90. The van der Waals surface area contributed by atoms with Crippen LogP contribution in [-0.4, -0.2) is 31.8 Å². The van der Waals surface area contributed by atoms with Crippen molar-refractivity contribution < 1.29 is 17.9 Å². The number of hydrogen-bond acceptors (Lipinski definition) is 5. The molecule has 0 unspecified atom stereocenters. The minimum Gasteiger partial charge on any atom is -0.494 e. The Morgan fingerprint density at radius 3 is 2.47 bits per heavy atom. The molecule has 0 saturated carbocycles. The molecule has 168 valence electrons. The van der Waals surface area contributed by atoms with Crippen LogP contribution in [0.4, 0.5) is 5.69 Å². The topological polar surface area (TPSA) is 94.5 Å². The molecule has 32 heavy (non-hydrogen) atoms. The van der Waals surface area contributed by atoms with Crippen LogP contribution in [0.25, 0.3) is 0 Å². The van der Waals surface area contributed by atoms with Crippen LogP contribution in [0, 0.1) is 0 Å². The fourth-order valence-corrected chi connectivity index (χ4v) is 3.79. The molecule has 0 atom stereocenters. The molecule has 0 aliphatic heterocycles. The summed E-state index contributed by atoms with van der Waals surface area (Å²) in [5.74, 6) is 0.327. The van der Waals surface area contributed by atoms with Crippen LogP contribution in [0.5, 0.6) is 5.75 Å². The third kappa shape index (κ3) is 6.70. The van der Waals surface area contributed by atoms with Crippen molar-refractivity contribution in [1.82, 2.24) is 4.57 Å². The van der Waals surface area contributed by atoms with E-state index in [2.05, 4.69) is 5.32 Å². The zero-order chi connectivity index (χ0) is 23.1. The van der Waals surface area contributed by atoms with Gasteiger partial charge in [-0.3, -0.25) is 9.59 Å². The molecule has 3 rings (SSSR count). The zero-order valence-corrected chi connectivity index (χ0v) is 19.0. The fourth-order valence-electron chi connectivity index (χ4n) is 2.97. The van der Waals surface area contributed by atoms with Gasteiger partial charge in [-0.05, 0) is 48.4 Å². The van der Waals surface area contributed by atoms with E-state index in [1.54, 1.807) is 30.5 Å². The van der Waals surface area contributed by atoms with Gasteiger partial charge < -0.3 is 14.6 Å². The van der Waals surface area contributed by atoms with E-state index in [4.69, 9.17) is 16.3 Å². The molecule has 1 amide bonds. The lowest BCUT2D eigenvalue weighted by Crippen LogP contribution is -2.21. The second kappa shape index (κ2) is 10.5. The Labute approximate surface area is 191 Å². The van der Waals surface area contributed by atoms with E-state index in [1.807, 2.05) is 18.2 Å². The van der Waals surface area contributed by atoms with E-state index in [1.165, 1.54) is 22.8 Å². The Kier molecular flexibility index (Phi) is 7.71. The standard InChI is InChI=1S/C23H23ClN2O5S/c1-32(29,30)20-11-9-19(10-12-20)31-14-4-7-22(27)25-18-8-13-23(28)26(16-18)15-17-5-2-3-6-21(17)24/h2-3,5-6,8-13,16H,4,7,14-15H2,1H3,(H,25,27). The number of halogens is 1. The molecular weight excluding hydrogens is 452 g/mol. The summed E-state index contributed by atoms with van der Waals surface area (Å²) in [5, 5.41) is 3.35. The van der Waals surface area contributed by atoms with Crippen LogP contribution in [-0.2, 0) is 21.2 Å². The van der Waals surface area contributed by atoms with Crippen LogP contribution in [0.3, 0.4) is 0 Å². The average Bonchev–Trinajstić information content (AvgIpc) is 2.75. The van der Waals surface area contributed by atoms with Crippen molar-refractivity contribution in [3.05, 3.63) is 87.8 Å².